The molecule has 1 aromatic heterocycles. The van der Waals surface area contributed by atoms with Crippen LogP contribution in [0.15, 0.2) is 15.8 Å². The van der Waals surface area contributed by atoms with Gasteiger partial charge in [0.15, 0.2) is 6.23 Å². The second-order valence-electron chi connectivity index (χ2n) is 4.82. The maximum Gasteiger partial charge on any atom is 0.330 e. The van der Waals surface area contributed by atoms with Gasteiger partial charge in [-0.3, -0.25) is 19.1 Å². The van der Waals surface area contributed by atoms with Crippen molar-refractivity contribution in [3.05, 3.63) is 32.6 Å². The molecule has 2 heterocycles. The standard InChI is InChI=1S/C11H15N3O8/c12-4(10(19)20)7-5(16)6(17)9(22-7)14-1-3(2-15)8(18)13-11(14)21/h1,4-7,9,15-17H,2,12H2,(H,19,20)(H,13,18,21)/t4-,5-,6+,7+,9+/m0/s1. The van der Waals surface area contributed by atoms with Crippen LogP contribution in [0.4, 0.5) is 0 Å². The zero-order chi connectivity index (χ0) is 16.6. The Hall–Kier alpha value is -2.05. The molecule has 0 spiro atoms. The van der Waals surface area contributed by atoms with Gasteiger partial charge in [0.1, 0.15) is 24.4 Å². The summed E-state index contributed by atoms with van der Waals surface area (Å²) in [5.41, 5.74) is 3.42. The molecule has 1 aromatic rings. The normalized spacial score (nSPS) is 29.5. The molecule has 1 aliphatic heterocycles. The van der Waals surface area contributed by atoms with Gasteiger partial charge in [-0.05, 0) is 0 Å². The number of carbonyl (C=O) groups is 1. The minimum atomic E-state index is -1.65. The molecule has 0 radical (unpaired) electrons. The van der Waals surface area contributed by atoms with Crippen molar-refractivity contribution in [1.29, 1.82) is 0 Å². The van der Waals surface area contributed by atoms with E-state index in [4.69, 9.17) is 20.7 Å². The Morgan fingerprint density at radius 1 is 1.41 bits per heavy atom. The van der Waals surface area contributed by atoms with E-state index in [1.165, 1.54) is 0 Å². The van der Waals surface area contributed by atoms with Gasteiger partial charge in [-0.25, -0.2) is 4.79 Å². The van der Waals surface area contributed by atoms with Gasteiger partial charge in [-0.1, -0.05) is 0 Å². The second kappa shape index (κ2) is 5.98. The van der Waals surface area contributed by atoms with E-state index >= 15 is 0 Å². The minimum Gasteiger partial charge on any atom is -0.480 e. The van der Waals surface area contributed by atoms with Crippen molar-refractivity contribution in [1.82, 2.24) is 9.55 Å². The molecular weight excluding hydrogens is 302 g/mol. The van der Waals surface area contributed by atoms with E-state index in [9.17, 15) is 24.6 Å². The number of aromatic nitrogens is 2. The number of carboxylic acid groups (broad SMARTS) is 1. The predicted molar refractivity (Wildman–Crippen MR) is 68.8 cm³/mol. The third-order valence-corrected chi connectivity index (χ3v) is 3.40. The van der Waals surface area contributed by atoms with Crippen molar-refractivity contribution in [2.75, 3.05) is 0 Å². The number of nitrogens with two attached hydrogens (primary N) is 1. The van der Waals surface area contributed by atoms with Gasteiger partial charge in [0.25, 0.3) is 5.56 Å². The number of hydrogen-bond acceptors (Lipinski definition) is 8. The molecule has 22 heavy (non-hydrogen) atoms. The van der Waals surface area contributed by atoms with E-state index in [1.54, 1.807) is 0 Å². The molecule has 11 heteroatoms. The maximum absolute atomic E-state index is 11.8. The molecule has 122 valence electrons. The molecule has 7 N–H and O–H groups in total. The molecule has 1 aliphatic rings. The highest BCUT2D eigenvalue weighted by Crippen LogP contribution is 2.29. The summed E-state index contributed by atoms with van der Waals surface area (Å²) < 4.78 is 5.91. The Balaban J connectivity index is 2.40. The first-order valence-electron chi connectivity index (χ1n) is 6.23. The summed E-state index contributed by atoms with van der Waals surface area (Å²) in [7, 11) is 0. The number of aliphatic carboxylic acids is 1. The lowest BCUT2D eigenvalue weighted by Crippen LogP contribution is -2.48. The van der Waals surface area contributed by atoms with Crippen molar-refractivity contribution in [3.63, 3.8) is 0 Å². The number of hydrogen-bond donors (Lipinski definition) is 6. The van der Waals surface area contributed by atoms with Crippen LogP contribution in [0.2, 0.25) is 0 Å². The first-order chi connectivity index (χ1) is 10.3. The van der Waals surface area contributed by atoms with Gasteiger partial charge < -0.3 is 30.9 Å². The summed E-state index contributed by atoms with van der Waals surface area (Å²) in [6.07, 6.45) is -5.25. The lowest BCUT2D eigenvalue weighted by Gasteiger charge is -2.18. The predicted octanol–water partition coefficient (Wildman–Crippen LogP) is -3.94. The fourth-order valence-electron chi connectivity index (χ4n) is 2.18. The zero-order valence-corrected chi connectivity index (χ0v) is 11.1. The van der Waals surface area contributed by atoms with Crippen LogP contribution < -0.4 is 17.0 Å². The van der Waals surface area contributed by atoms with Crippen molar-refractivity contribution < 1.29 is 30.0 Å². The van der Waals surface area contributed by atoms with E-state index in [0.29, 0.717) is 0 Å². The van der Waals surface area contributed by atoms with E-state index in [1.807, 2.05) is 4.98 Å². The van der Waals surface area contributed by atoms with E-state index < -0.39 is 54.4 Å². The second-order valence-corrected chi connectivity index (χ2v) is 4.82. The molecule has 1 saturated heterocycles. The number of rotatable bonds is 4. The fraction of sp³-hybridized carbons (Fsp3) is 0.545. The number of ether oxygens (including phenoxy) is 1. The Labute approximate surface area is 122 Å². The van der Waals surface area contributed by atoms with Crippen LogP contribution in [-0.2, 0) is 16.1 Å². The quantitative estimate of drug-likeness (QED) is 0.322. The Kier molecular flexibility index (Phi) is 4.44. The molecule has 0 saturated carbocycles. The Bertz CT molecular complexity index is 683. The van der Waals surface area contributed by atoms with Crippen LogP contribution in [0, 0.1) is 0 Å². The summed E-state index contributed by atoms with van der Waals surface area (Å²) in [6, 6.07) is -1.62. The van der Waals surface area contributed by atoms with E-state index in [-0.39, 0.29) is 5.56 Å². The molecular formula is C11H15N3O8. The van der Waals surface area contributed by atoms with E-state index in [0.717, 1.165) is 10.8 Å². The topological polar surface area (TPSA) is 188 Å². The van der Waals surface area contributed by atoms with Crippen molar-refractivity contribution in [3.8, 4) is 0 Å². The molecule has 2 rings (SSSR count). The highest BCUT2D eigenvalue weighted by Gasteiger charge is 2.48. The number of aliphatic hydroxyl groups excluding tert-OH is 3. The molecule has 0 aromatic carbocycles. The Morgan fingerprint density at radius 2 is 2.05 bits per heavy atom. The smallest absolute Gasteiger partial charge is 0.330 e. The number of nitrogens with one attached hydrogen (secondary N) is 1. The molecule has 0 unspecified atom stereocenters. The number of carboxylic acids is 1. The van der Waals surface area contributed by atoms with Crippen LogP contribution in [0.3, 0.4) is 0 Å². The lowest BCUT2D eigenvalue weighted by molar-refractivity contribution is -0.144. The summed E-state index contributed by atoms with van der Waals surface area (Å²) in [6.45, 7) is -0.668. The fourth-order valence-corrected chi connectivity index (χ4v) is 2.18. The maximum atomic E-state index is 11.8. The van der Waals surface area contributed by atoms with Gasteiger partial charge in [-0.15, -0.1) is 0 Å². The van der Waals surface area contributed by atoms with Crippen molar-refractivity contribution >= 4 is 5.97 Å². The van der Waals surface area contributed by atoms with Crippen LogP contribution in [0.5, 0.6) is 0 Å². The molecule has 0 aliphatic carbocycles. The summed E-state index contributed by atoms with van der Waals surface area (Å²) in [5.74, 6) is -1.46. The number of aliphatic hydroxyl groups is 3. The molecule has 1 fully saturated rings. The average Bonchev–Trinajstić information content (AvgIpc) is 2.75. The number of nitrogens with zero attached hydrogens (tertiary/aromatic N) is 1. The SMILES string of the molecule is N[C@H](C(=O)O)[C@H]1O[C@@H](n2cc(CO)c(=O)[nH]c2=O)[C@H](O)[C@@H]1O. The summed E-state index contributed by atoms with van der Waals surface area (Å²) >= 11 is 0. The van der Waals surface area contributed by atoms with Gasteiger partial charge in [0.05, 0.1) is 12.2 Å². The molecule has 0 bridgehead atoms. The number of aromatic amines is 1. The summed E-state index contributed by atoms with van der Waals surface area (Å²) in [4.78, 5) is 35.9. The largest absolute Gasteiger partial charge is 0.480 e. The summed E-state index contributed by atoms with van der Waals surface area (Å²) in [5, 5.41) is 37.6. The third kappa shape index (κ3) is 2.67. The molecule has 0 amide bonds. The lowest BCUT2D eigenvalue weighted by atomic mass is 10.0. The zero-order valence-electron chi connectivity index (χ0n) is 11.1. The highest BCUT2D eigenvalue weighted by atomic mass is 16.6. The molecule has 11 nitrogen and oxygen atoms in total. The van der Waals surface area contributed by atoms with Gasteiger partial charge >= 0.3 is 11.7 Å². The van der Waals surface area contributed by atoms with Crippen LogP contribution in [-0.4, -0.2) is 60.3 Å². The van der Waals surface area contributed by atoms with E-state index in [2.05, 4.69) is 0 Å². The van der Waals surface area contributed by atoms with Crippen molar-refractivity contribution in [2.24, 2.45) is 5.73 Å². The van der Waals surface area contributed by atoms with Gasteiger partial charge in [0.2, 0.25) is 0 Å². The highest BCUT2D eigenvalue weighted by molar-refractivity contribution is 5.74. The van der Waals surface area contributed by atoms with Crippen LogP contribution in [0.25, 0.3) is 0 Å². The van der Waals surface area contributed by atoms with Gasteiger partial charge in [0, 0.05) is 6.20 Å². The average molecular weight is 317 g/mol. The monoisotopic (exact) mass is 317 g/mol. The molecule has 5 atom stereocenters. The van der Waals surface area contributed by atoms with Gasteiger partial charge in [-0.2, -0.15) is 0 Å². The Morgan fingerprint density at radius 3 is 2.59 bits per heavy atom. The van der Waals surface area contributed by atoms with Crippen LogP contribution >= 0.6 is 0 Å². The first-order valence-corrected chi connectivity index (χ1v) is 6.23. The van der Waals surface area contributed by atoms with Crippen LogP contribution in [0.1, 0.15) is 11.8 Å². The number of H-pyrrole nitrogens is 1. The first kappa shape index (κ1) is 16.3. The van der Waals surface area contributed by atoms with Crippen molar-refractivity contribution in [2.45, 2.75) is 37.2 Å². The third-order valence-electron chi connectivity index (χ3n) is 3.40. The minimum absolute atomic E-state index is 0.170.